The molecule has 2 fully saturated rings. The Morgan fingerprint density at radius 1 is 0.955 bits per heavy atom. The molecule has 2 aliphatic rings. The van der Waals surface area contributed by atoms with Gasteiger partial charge in [-0.15, -0.1) is 0 Å². The topological polar surface area (TPSA) is 3.24 Å². The van der Waals surface area contributed by atoms with Gasteiger partial charge in [-0.25, -0.2) is 0 Å². The lowest BCUT2D eigenvalue weighted by Gasteiger charge is -2.20. The van der Waals surface area contributed by atoms with Crippen LogP contribution in [0.15, 0.2) is 54.6 Å². The Labute approximate surface area is 134 Å². The molecule has 1 aliphatic heterocycles. The van der Waals surface area contributed by atoms with Crippen molar-refractivity contribution in [2.24, 2.45) is 5.92 Å². The van der Waals surface area contributed by atoms with Crippen molar-refractivity contribution in [2.45, 2.75) is 38.1 Å². The maximum atomic E-state index is 2.70. The molecule has 2 aromatic carbocycles. The lowest BCUT2D eigenvalue weighted by molar-refractivity contribution is 0.256. The van der Waals surface area contributed by atoms with Crippen molar-refractivity contribution >= 4 is 0 Å². The number of nitrogens with zero attached hydrogens (tertiary/aromatic N) is 1. The molecule has 0 spiro atoms. The summed E-state index contributed by atoms with van der Waals surface area (Å²) in [4.78, 5) is 2.70. The van der Waals surface area contributed by atoms with Crippen LogP contribution in [0.1, 0.15) is 37.7 Å². The molecule has 0 aromatic heterocycles. The SMILES string of the molecule is C[C@H]1CCCN1C[C@H]1C[C@@H]1c1ccc(-c2ccccc2)cc1. The molecule has 3 atom stereocenters. The minimum atomic E-state index is 0.803. The normalized spacial score (nSPS) is 28.0. The summed E-state index contributed by atoms with van der Waals surface area (Å²) in [5.74, 6) is 1.70. The van der Waals surface area contributed by atoms with E-state index in [9.17, 15) is 0 Å². The van der Waals surface area contributed by atoms with Crippen LogP contribution >= 0.6 is 0 Å². The highest BCUT2D eigenvalue weighted by Gasteiger charge is 2.40. The molecule has 0 amide bonds. The second-order valence-corrected chi connectivity index (χ2v) is 7.08. The molecule has 1 nitrogen and oxygen atoms in total. The Morgan fingerprint density at radius 3 is 2.36 bits per heavy atom. The fourth-order valence-corrected chi connectivity index (χ4v) is 3.98. The number of benzene rings is 2. The summed E-state index contributed by atoms with van der Waals surface area (Å²) in [7, 11) is 0. The number of rotatable bonds is 4. The molecule has 0 N–H and O–H groups in total. The predicted octanol–water partition coefficient (Wildman–Crippen LogP) is 4.94. The van der Waals surface area contributed by atoms with Gasteiger partial charge in [-0.2, -0.15) is 0 Å². The van der Waals surface area contributed by atoms with E-state index in [1.54, 1.807) is 0 Å². The van der Waals surface area contributed by atoms with E-state index in [4.69, 9.17) is 0 Å². The summed E-state index contributed by atoms with van der Waals surface area (Å²) >= 11 is 0. The lowest BCUT2D eigenvalue weighted by atomic mass is 10.0. The average molecular weight is 291 g/mol. The predicted molar refractivity (Wildman–Crippen MR) is 93.0 cm³/mol. The summed E-state index contributed by atoms with van der Waals surface area (Å²) in [5.41, 5.74) is 4.18. The van der Waals surface area contributed by atoms with E-state index in [0.29, 0.717) is 0 Å². The molecule has 22 heavy (non-hydrogen) atoms. The van der Waals surface area contributed by atoms with E-state index >= 15 is 0 Å². The van der Waals surface area contributed by atoms with Crippen LogP contribution < -0.4 is 0 Å². The molecule has 1 saturated carbocycles. The smallest absolute Gasteiger partial charge is 0.00675 e. The van der Waals surface area contributed by atoms with Gasteiger partial charge in [0.1, 0.15) is 0 Å². The third kappa shape index (κ3) is 2.83. The second kappa shape index (κ2) is 5.89. The number of hydrogen-bond acceptors (Lipinski definition) is 1. The van der Waals surface area contributed by atoms with Crippen molar-refractivity contribution in [3.63, 3.8) is 0 Å². The molecule has 1 heterocycles. The molecule has 114 valence electrons. The fraction of sp³-hybridized carbons (Fsp3) is 0.429. The first-order chi connectivity index (χ1) is 10.8. The highest BCUT2D eigenvalue weighted by Crippen LogP contribution is 2.48. The van der Waals surface area contributed by atoms with Crippen LogP contribution in [-0.4, -0.2) is 24.0 Å². The van der Waals surface area contributed by atoms with Crippen molar-refractivity contribution in [3.05, 3.63) is 60.2 Å². The van der Waals surface area contributed by atoms with Gasteiger partial charge in [-0.3, -0.25) is 0 Å². The summed E-state index contributed by atoms with van der Waals surface area (Å²) in [6.45, 7) is 5.02. The molecule has 0 bridgehead atoms. The molecule has 0 unspecified atom stereocenters. The average Bonchev–Trinajstić information content (AvgIpc) is 3.23. The van der Waals surface area contributed by atoms with Crippen LogP contribution in [0, 0.1) is 5.92 Å². The minimum absolute atomic E-state index is 0.803. The lowest BCUT2D eigenvalue weighted by Crippen LogP contribution is -2.29. The van der Waals surface area contributed by atoms with Crippen molar-refractivity contribution in [2.75, 3.05) is 13.1 Å². The van der Waals surface area contributed by atoms with Gasteiger partial charge in [0.2, 0.25) is 0 Å². The summed E-state index contributed by atoms with van der Waals surface area (Å²) < 4.78 is 0. The van der Waals surface area contributed by atoms with Gasteiger partial charge < -0.3 is 4.90 Å². The summed E-state index contributed by atoms with van der Waals surface area (Å²) in [6, 6.07) is 20.7. The van der Waals surface area contributed by atoms with E-state index in [1.165, 1.54) is 49.0 Å². The van der Waals surface area contributed by atoms with Gasteiger partial charge in [-0.05, 0) is 61.3 Å². The maximum absolute atomic E-state index is 2.70. The standard InChI is InChI=1S/C21H25N/c1-16-6-5-13-22(16)15-20-14-21(20)19-11-9-18(10-12-19)17-7-3-2-4-8-17/h2-4,7-12,16,20-21H,5-6,13-15H2,1H3/t16-,20+,21+/m0/s1. The van der Waals surface area contributed by atoms with E-state index < -0.39 is 0 Å². The van der Waals surface area contributed by atoms with Gasteiger partial charge in [0.25, 0.3) is 0 Å². The first-order valence-electron chi connectivity index (χ1n) is 8.71. The zero-order chi connectivity index (χ0) is 14.9. The minimum Gasteiger partial charge on any atom is -0.300 e. The Bertz CT molecular complexity index is 616. The molecule has 1 aliphatic carbocycles. The van der Waals surface area contributed by atoms with Gasteiger partial charge in [0.05, 0.1) is 0 Å². The highest BCUT2D eigenvalue weighted by atomic mass is 15.2. The van der Waals surface area contributed by atoms with Crippen LogP contribution in [0.25, 0.3) is 11.1 Å². The molecule has 4 rings (SSSR count). The molecule has 0 radical (unpaired) electrons. The molecule has 1 saturated heterocycles. The van der Waals surface area contributed by atoms with E-state index in [2.05, 4.69) is 66.4 Å². The number of hydrogen-bond donors (Lipinski definition) is 0. The molecule has 1 heteroatoms. The van der Waals surface area contributed by atoms with Gasteiger partial charge in [0, 0.05) is 12.6 Å². The molecule has 2 aromatic rings. The molecular formula is C21H25N. The summed E-state index contributed by atoms with van der Waals surface area (Å²) in [5, 5.41) is 0. The van der Waals surface area contributed by atoms with E-state index in [0.717, 1.165) is 17.9 Å². The Hall–Kier alpha value is -1.60. The maximum Gasteiger partial charge on any atom is 0.00675 e. The second-order valence-electron chi connectivity index (χ2n) is 7.08. The van der Waals surface area contributed by atoms with E-state index in [1.807, 2.05) is 0 Å². The van der Waals surface area contributed by atoms with Crippen molar-refractivity contribution in [1.82, 2.24) is 4.90 Å². The van der Waals surface area contributed by atoms with Gasteiger partial charge >= 0.3 is 0 Å². The zero-order valence-electron chi connectivity index (χ0n) is 13.4. The van der Waals surface area contributed by atoms with Crippen molar-refractivity contribution < 1.29 is 0 Å². The van der Waals surface area contributed by atoms with Crippen LogP contribution in [0.2, 0.25) is 0 Å². The van der Waals surface area contributed by atoms with Crippen molar-refractivity contribution in [3.8, 4) is 11.1 Å². The zero-order valence-corrected chi connectivity index (χ0v) is 13.4. The largest absolute Gasteiger partial charge is 0.300 e. The van der Waals surface area contributed by atoms with Crippen LogP contribution in [0.5, 0.6) is 0 Å². The Kier molecular flexibility index (Phi) is 3.75. The quantitative estimate of drug-likeness (QED) is 0.771. The van der Waals surface area contributed by atoms with Crippen molar-refractivity contribution in [1.29, 1.82) is 0 Å². The highest BCUT2D eigenvalue weighted by molar-refractivity contribution is 5.63. The first-order valence-corrected chi connectivity index (χ1v) is 8.71. The van der Waals surface area contributed by atoms with E-state index in [-0.39, 0.29) is 0 Å². The van der Waals surface area contributed by atoms with Crippen LogP contribution in [0.3, 0.4) is 0 Å². The van der Waals surface area contributed by atoms with Crippen LogP contribution in [-0.2, 0) is 0 Å². The third-order valence-electron chi connectivity index (χ3n) is 5.53. The first kappa shape index (κ1) is 14.0. The van der Waals surface area contributed by atoms with Gasteiger partial charge in [-0.1, -0.05) is 54.6 Å². The molecular weight excluding hydrogens is 266 g/mol. The Balaban J connectivity index is 1.40. The fourth-order valence-electron chi connectivity index (χ4n) is 3.98. The monoisotopic (exact) mass is 291 g/mol. The Morgan fingerprint density at radius 2 is 1.68 bits per heavy atom. The van der Waals surface area contributed by atoms with Gasteiger partial charge in [0.15, 0.2) is 0 Å². The summed E-state index contributed by atoms with van der Waals surface area (Å²) in [6.07, 6.45) is 4.17. The van der Waals surface area contributed by atoms with Crippen LogP contribution in [0.4, 0.5) is 0 Å². The third-order valence-corrected chi connectivity index (χ3v) is 5.53. The number of likely N-dealkylation sites (tertiary alicyclic amines) is 1.